The SMILES string of the molecule is CC(=O)O[C@H]1C[C@H](OC(C)=O)[C@@]2(C)[C@H](CC(=O)[C@]3(C)[C@@H]2CC[C@@]2(C)[C@H](c4ccoc4)OC(=O)[C@@H]4O[C@]423)C1(C)C. The quantitative estimate of drug-likeness (QED) is 0.312. The first-order valence-corrected chi connectivity index (χ1v) is 13.9. The first-order chi connectivity index (χ1) is 18.2. The van der Waals surface area contributed by atoms with Crippen molar-refractivity contribution in [3.63, 3.8) is 0 Å². The standard InChI is InChI=1S/C30H38O9/c1-15(31)36-21-13-22(37-16(2)32)28(6)18-8-10-27(5)23(17-9-11-35-14-17)38-25(34)24-30(27,39-24)29(18,7)20(33)12-19(28)26(21,3)4/h9,11,14,18-19,21-24H,8,10,12-13H2,1-7H3/t18-,19-,21+,22+,23+,24+,27+,28-,29+,30-/m1/s1. The molecule has 212 valence electrons. The van der Waals surface area contributed by atoms with Crippen LogP contribution in [0.2, 0.25) is 0 Å². The minimum Gasteiger partial charge on any atom is -0.472 e. The highest BCUT2D eigenvalue weighted by Gasteiger charge is 2.89. The van der Waals surface area contributed by atoms with Crippen molar-refractivity contribution in [2.75, 3.05) is 0 Å². The van der Waals surface area contributed by atoms with Gasteiger partial charge >= 0.3 is 17.9 Å². The highest BCUT2D eigenvalue weighted by atomic mass is 16.7. The van der Waals surface area contributed by atoms with Crippen LogP contribution in [0, 0.1) is 33.5 Å². The minimum absolute atomic E-state index is 0.0298. The summed E-state index contributed by atoms with van der Waals surface area (Å²) in [6.07, 6.45) is 2.44. The molecule has 3 heterocycles. The Hall–Kier alpha value is -2.68. The molecule has 6 rings (SSSR count). The molecule has 2 saturated heterocycles. The van der Waals surface area contributed by atoms with E-state index in [1.165, 1.54) is 13.8 Å². The van der Waals surface area contributed by atoms with Gasteiger partial charge in [-0.3, -0.25) is 14.4 Å². The number of carbonyl (C=O) groups is 4. The van der Waals surface area contributed by atoms with Crippen LogP contribution >= 0.6 is 0 Å². The van der Waals surface area contributed by atoms with Crippen LogP contribution in [0.5, 0.6) is 0 Å². The molecule has 39 heavy (non-hydrogen) atoms. The average molecular weight is 543 g/mol. The number of furan rings is 1. The van der Waals surface area contributed by atoms with Crippen molar-refractivity contribution in [2.45, 2.75) is 104 Å². The van der Waals surface area contributed by atoms with Gasteiger partial charge < -0.3 is 23.4 Å². The number of hydrogen-bond acceptors (Lipinski definition) is 9. The molecule has 0 aromatic carbocycles. The molecule has 0 unspecified atom stereocenters. The smallest absolute Gasteiger partial charge is 0.339 e. The summed E-state index contributed by atoms with van der Waals surface area (Å²) in [7, 11) is 0. The minimum atomic E-state index is -1.05. The van der Waals surface area contributed by atoms with Gasteiger partial charge in [-0.15, -0.1) is 0 Å². The summed E-state index contributed by atoms with van der Waals surface area (Å²) in [5.74, 6) is -1.72. The van der Waals surface area contributed by atoms with Crippen LogP contribution in [0.15, 0.2) is 23.0 Å². The van der Waals surface area contributed by atoms with Crippen molar-refractivity contribution >= 4 is 23.7 Å². The molecule has 10 atom stereocenters. The zero-order valence-electron chi connectivity index (χ0n) is 23.7. The van der Waals surface area contributed by atoms with Gasteiger partial charge in [0.15, 0.2) is 6.10 Å². The monoisotopic (exact) mass is 542 g/mol. The number of esters is 3. The third-order valence-electron chi connectivity index (χ3n) is 11.7. The second kappa shape index (κ2) is 7.95. The Kier molecular flexibility index (Phi) is 5.41. The van der Waals surface area contributed by atoms with Crippen LogP contribution in [-0.2, 0) is 38.1 Å². The molecule has 0 N–H and O–H groups in total. The Morgan fingerprint density at radius 3 is 2.23 bits per heavy atom. The van der Waals surface area contributed by atoms with Crippen LogP contribution < -0.4 is 0 Å². The molecule has 1 aromatic rings. The average Bonchev–Trinajstić information content (AvgIpc) is 3.41. The zero-order chi connectivity index (χ0) is 28.3. The molecular formula is C30H38O9. The topological polar surface area (TPSA) is 122 Å². The van der Waals surface area contributed by atoms with E-state index in [1.54, 1.807) is 18.6 Å². The first-order valence-electron chi connectivity index (χ1n) is 13.9. The second-order valence-electron chi connectivity index (χ2n) is 13.6. The molecule has 3 saturated carbocycles. The van der Waals surface area contributed by atoms with Gasteiger partial charge in [0, 0.05) is 48.5 Å². The molecule has 5 fully saturated rings. The van der Waals surface area contributed by atoms with E-state index in [0.29, 0.717) is 19.3 Å². The van der Waals surface area contributed by atoms with Crippen LogP contribution in [0.25, 0.3) is 0 Å². The summed E-state index contributed by atoms with van der Waals surface area (Å²) in [6, 6.07) is 1.80. The molecule has 0 amide bonds. The number of hydrogen-bond donors (Lipinski definition) is 0. The number of cyclic esters (lactones) is 1. The van der Waals surface area contributed by atoms with Gasteiger partial charge in [0.05, 0.1) is 17.9 Å². The van der Waals surface area contributed by atoms with Gasteiger partial charge in [0.2, 0.25) is 0 Å². The van der Waals surface area contributed by atoms with E-state index in [0.717, 1.165) is 5.56 Å². The molecule has 3 aliphatic carbocycles. The third-order valence-corrected chi connectivity index (χ3v) is 11.7. The van der Waals surface area contributed by atoms with Gasteiger partial charge in [-0.2, -0.15) is 0 Å². The van der Waals surface area contributed by atoms with Gasteiger partial charge in [0.1, 0.15) is 29.7 Å². The summed E-state index contributed by atoms with van der Waals surface area (Å²) >= 11 is 0. The Morgan fingerprint density at radius 1 is 0.949 bits per heavy atom. The second-order valence-corrected chi connectivity index (χ2v) is 13.6. The van der Waals surface area contributed by atoms with Crippen LogP contribution in [-0.4, -0.2) is 47.6 Å². The van der Waals surface area contributed by atoms with Crippen molar-refractivity contribution in [3.05, 3.63) is 24.2 Å². The predicted octanol–water partition coefficient (Wildman–Crippen LogP) is 4.33. The summed E-state index contributed by atoms with van der Waals surface area (Å²) in [4.78, 5) is 52.3. The number of rotatable bonds is 3. The van der Waals surface area contributed by atoms with E-state index in [9.17, 15) is 19.2 Å². The zero-order valence-corrected chi connectivity index (χ0v) is 23.7. The van der Waals surface area contributed by atoms with E-state index in [4.69, 9.17) is 23.4 Å². The fourth-order valence-corrected chi connectivity index (χ4v) is 9.92. The Bertz CT molecular complexity index is 1250. The maximum atomic E-state index is 14.6. The first kappa shape index (κ1) is 26.5. The molecular weight excluding hydrogens is 504 g/mol. The number of carbonyl (C=O) groups excluding carboxylic acids is 4. The molecule has 0 radical (unpaired) electrons. The summed E-state index contributed by atoms with van der Waals surface area (Å²) in [5.41, 5.74) is -3.19. The number of ketones is 1. The Labute approximate surface area is 228 Å². The van der Waals surface area contributed by atoms with Gasteiger partial charge in [0.25, 0.3) is 0 Å². The van der Waals surface area contributed by atoms with Crippen LogP contribution in [0.3, 0.4) is 0 Å². The number of epoxide rings is 1. The van der Waals surface area contributed by atoms with Crippen molar-refractivity contribution in [3.8, 4) is 0 Å². The van der Waals surface area contributed by atoms with E-state index in [-0.39, 0.29) is 24.0 Å². The van der Waals surface area contributed by atoms with Gasteiger partial charge in [-0.25, -0.2) is 4.79 Å². The molecule has 5 aliphatic rings. The summed E-state index contributed by atoms with van der Waals surface area (Å²) in [5, 5.41) is 0. The van der Waals surface area contributed by atoms with Gasteiger partial charge in [-0.1, -0.05) is 27.7 Å². The maximum Gasteiger partial charge on any atom is 0.339 e. The van der Waals surface area contributed by atoms with Crippen molar-refractivity contribution < 1.29 is 42.5 Å². The lowest BCUT2D eigenvalue weighted by atomic mass is 9.34. The van der Waals surface area contributed by atoms with E-state index < -0.39 is 69.6 Å². The van der Waals surface area contributed by atoms with Crippen molar-refractivity contribution in [2.24, 2.45) is 33.5 Å². The lowest BCUT2D eigenvalue weighted by Crippen LogP contribution is -2.74. The molecule has 0 bridgehead atoms. The number of Topliss-reactive ketones (excluding diaryl/α,β-unsaturated/α-hetero) is 1. The fraction of sp³-hybridized carbons (Fsp3) is 0.733. The molecule has 1 aromatic heterocycles. The molecule has 9 nitrogen and oxygen atoms in total. The number of ether oxygens (including phenoxy) is 4. The summed E-state index contributed by atoms with van der Waals surface area (Å²) in [6.45, 7) is 13.0. The van der Waals surface area contributed by atoms with E-state index >= 15 is 0 Å². The molecule has 1 spiro atoms. The summed E-state index contributed by atoms with van der Waals surface area (Å²) < 4.78 is 29.5. The van der Waals surface area contributed by atoms with E-state index in [2.05, 4.69) is 13.8 Å². The van der Waals surface area contributed by atoms with Crippen LogP contribution in [0.1, 0.15) is 85.8 Å². The largest absolute Gasteiger partial charge is 0.472 e. The Balaban J connectivity index is 1.50. The predicted molar refractivity (Wildman–Crippen MR) is 135 cm³/mol. The van der Waals surface area contributed by atoms with Gasteiger partial charge in [-0.05, 0) is 37.7 Å². The maximum absolute atomic E-state index is 14.6. The van der Waals surface area contributed by atoms with E-state index in [1.807, 2.05) is 20.8 Å². The number of fused-ring (bicyclic) bond motifs is 3. The van der Waals surface area contributed by atoms with Crippen molar-refractivity contribution in [1.29, 1.82) is 0 Å². The van der Waals surface area contributed by atoms with Crippen molar-refractivity contribution in [1.82, 2.24) is 0 Å². The molecule has 9 heteroatoms. The highest BCUT2D eigenvalue weighted by molar-refractivity contribution is 5.93. The van der Waals surface area contributed by atoms with Crippen LogP contribution in [0.4, 0.5) is 0 Å². The lowest BCUT2D eigenvalue weighted by molar-refractivity contribution is -0.259. The molecule has 2 aliphatic heterocycles. The third kappa shape index (κ3) is 3.05. The highest BCUT2D eigenvalue weighted by Crippen LogP contribution is 2.79. The normalized spacial score (nSPS) is 47.5. The fourth-order valence-electron chi connectivity index (χ4n) is 9.92. The lowest BCUT2D eigenvalue weighted by Gasteiger charge is -2.69. The Morgan fingerprint density at radius 2 is 1.62 bits per heavy atom.